The predicted molar refractivity (Wildman–Crippen MR) is 96.5 cm³/mol. The van der Waals surface area contributed by atoms with Crippen LogP contribution in [0.4, 0.5) is 0 Å². The molecule has 3 aromatic rings. The van der Waals surface area contributed by atoms with Gasteiger partial charge in [0, 0.05) is 24.7 Å². The molecule has 2 aromatic carbocycles. The first kappa shape index (κ1) is 17.5. The molecule has 0 aliphatic heterocycles. The molecular weight excluding hydrogens is 334 g/mol. The van der Waals surface area contributed by atoms with E-state index in [-0.39, 0.29) is 11.3 Å². The fourth-order valence-corrected chi connectivity index (χ4v) is 2.71. The number of carbonyl (C=O) groups is 2. The highest BCUT2D eigenvalue weighted by atomic mass is 16.5. The molecule has 3 rings (SSSR count). The lowest BCUT2D eigenvalue weighted by Gasteiger charge is -2.12. The zero-order valence-corrected chi connectivity index (χ0v) is 14.6. The molecule has 0 spiro atoms. The summed E-state index contributed by atoms with van der Waals surface area (Å²) in [7, 11) is 1.27. The van der Waals surface area contributed by atoms with Crippen molar-refractivity contribution in [3.63, 3.8) is 0 Å². The van der Waals surface area contributed by atoms with Gasteiger partial charge in [0.1, 0.15) is 23.7 Å². The maximum absolute atomic E-state index is 11.8. The number of esters is 2. The molecule has 26 heavy (non-hydrogen) atoms. The van der Waals surface area contributed by atoms with Gasteiger partial charge in [0.25, 0.3) is 0 Å². The number of para-hydroxylation sites is 1. The largest absolute Gasteiger partial charge is 0.492 e. The lowest BCUT2D eigenvalue weighted by atomic mass is 10.2. The summed E-state index contributed by atoms with van der Waals surface area (Å²) in [6.45, 7) is 2.36. The molecule has 0 atom stereocenters. The van der Waals surface area contributed by atoms with E-state index in [2.05, 4.69) is 22.8 Å². The van der Waals surface area contributed by atoms with Gasteiger partial charge in [-0.3, -0.25) is 4.79 Å². The third-order valence-electron chi connectivity index (χ3n) is 3.89. The molecule has 0 N–H and O–H groups in total. The van der Waals surface area contributed by atoms with Gasteiger partial charge < -0.3 is 18.8 Å². The molecule has 0 saturated carbocycles. The Bertz CT molecular complexity index is 944. The highest BCUT2D eigenvalue weighted by Crippen LogP contribution is 2.26. The molecule has 0 saturated heterocycles. The standard InChI is InChI=1S/C20H19NO5/c1-14(22)26-19-13-16(7-8-17(19)20(23)24-2)25-12-11-21-10-9-15-5-3-4-6-18(15)21/h3-10,13H,11-12H2,1-2H3. The Kier molecular flexibility index (Phi) is 5.22. The number of rotatable bonds is 6. The Labute approximate surface area is 150 Å². The Balaban J connectivity index is 1.71. The molecule has 0 unspecified atom stereocenters. The second kappa shape index (κ2) is 7.74. The van der Waals surface area contributed by atoms with Gasteiger partial charge in [-0.05, 0) is 29.7 Å². The number of fused-ring (bicyclic) bond motifs is 1. The van der Waals surface area contributed by atoms with E-state index in [9.17, 15) is 9.59 Å². The quantitative estimate of drug-likeness (QED) is 0.502. The van der Waals surface area contributed by atoms with Crippen LogP contribution in [0.25, 0.3) is 10.9 Å². The van der Waals surface area contributed by atoms with Crippen LogP contribution in [-0.4, -0.2) is 30.2 Å². The van der Waals surface area contributed by atoms with Crippen molar-refractivity contribution in [1.29, 1.82) is 0 Å². The predicted octanol–water partition coefficient (Wildman–Crippen LogP) is 3.43. The normalized spacial score (nSPS) is 10.5. The molecule has 1 aromatic heterocycles. The van der Waals surface area contributed by atoms with E-state index in [0.29, 0.717) is 18.9 Å². The molecule has 0 aliphatic rings. The molecule has 1 heterocycles. The second-order valence-corrected chi connectivity index (χ2v) is 5.66. The fraction of sp³-hybridized carbons (Fsp3) is 0.200. The molecule has 6 nitrogen and oxygen atoms in total. The highest BCUT2D eigenvalue weighted by molar-refractivity contribution is 5.93. The maximum atomic E-state index is 11.8. The number of benzene rings is 2. The number of aromatic nitrogens is 1. The van der Waals surface area contributed by atoms with Crippen molar-refractivity contribution in [3.05, 3.63) is 60.3 Å². The monoisotopic (exact) mass is 353 g/mol. The van der Waals surface area contributed by atoms with Crippen molar-refractivity contribution < 1.29 is 23.8 Å². The van der Waals surface area contributed by atoms with Crippen LogP contribution in [0, 0.1) is 0 Å². The van der Waals surface area contributed by atoms with E-state index in [4.69, 9.17) is 14.2 Å². The Morgan fingerprint density at radius 2 is 1.88 bits per heavy atom. The van der Waals surface area contributed by atoms with E-state index >= 15 is 0 Å². The summed E-state index contributed by atoms with van der Waals surface area (Å²) < 4.78 is 17.6. The van der Waals surface area contributed by atoms with Crippen molar-refractivity contribution >= 4 is 22.8 Å². The van der Waals surface area contributed by atoms with Gasteiger partial charge in [0.15, 0.2) is 0 Å². The smallest absolute Gasteiger partial charge is 0.341 e. The average molecular weight is 353 g/mol. The topological polar surface area (TPSA) is 66.8 Å². The summed E-state index contributed by atoms with van der Waals surface area (Å²) in [4.78, 5) is 23.0. The van der Waals surface area contributed by atoms with Gasteiger partial charge in [-0.1, -0.05) is 18.2 Å². The average Bonchev–Trinajstić information content (AvgIpc) is 3.04. The van der Waals surface area contributed by atoms with Gasteiger partial charge in [0.05, 0.1) is 13.7 Å². The van der Waals surface area contributed by atoms with Crippen molar-refractivity contribution in [2.45, 2.75) is 13.5 Å². The van der Waals surface area contributed by atoms with Crippen molar-refractivity contribution in [2.24, 2.45) is 0 Å². The summed E-state index contributed by atoms with van der Waals surface area (Å²) in [5, 5.41) is 1.17. The Morgan fingerprint density at radius 3 is 2.65 bits per heavy atom. The number of hydrogen-bond acceptors (Lipinski definition) is 5. The van der Waals surface area contributed by atoms with Gasteiger partial charge in [-0.15, -0.1) is 0 Å². The first-order chi connectivity index (χ1) is 12.6. The fourth-order valence-electron chi connectivity index (χ4n) is 2.71. The number of carbonyl (C=O) groups excluding carboxylic acids is 2. The first-order valence-corrected chi connectivity index (χ1v) is 8.16. The van der Waals surface area contributed by atoms with Gasteiger partial charge in [-0.2, -0.15) is 0 Å². The van der Waals surface area contributed by atoms with Crippen LogP contribution in [0.2, 0.25) is 0 Å². The molecule has 0 radical (unpaired) electrons. The van der Waals surface area contributed by atoms with E-state index < -0.39 is 11.9 Å². The molecule has 0 amide bonds. The number of nitrogens with zero attached hydrogens (tertiary/aromatic N) is 1. The first-order valence-electron chi connectivity index (χ1n) is 8.16. The van der Waals surface area contributed by atoms with Crippen LogP contribution in [0.3, 0.4) is 0 Å². The van der Waals surface area contributed by atoms with Gasteiger partial charge in [0.2, 0.25) is 0 Å². The van der Waals surface area contributed by atoms with Crippen LogP contribution >= 0.6 is 0 Å². The molecular formula is C20H19NO5. The van der Waals surface area contributed by atoms with Crippen LogP contribution in [0.5, 0.6) is 11.5 Å². The third kappa shape index (κ3) is 3.85. The minimum atomic E-state index is -0.577. The van der Waals surface area contributed by atoms with E-state index in [1.165, 1.54) is 31.6 Å². The zero-order valence-electron chi connectivity index (χ0n) is 14.6. The second-order valence-electron chi connectivity index (χ2n) is 5.66. The summed E-state index contributed by atoms with van der Waals surface area (Å²) in [5.41, 5.74) is 1.31. The lowest BCUT2D eigenvalue weighted by Crippen LogP contribution is -2.10. The highest BCUT2D eigenvalue weighted by Gasteiger charge is 2.16. The van der Waals surface area contributed by atoms with E-state index in [0.717, 1.165) is 5.52 Å². The molecule has 134 valence electrons. The van der Waals surface area contributed by atoms with E-state index in [1.807, 2.05) is 18.3 Å². The van der Waals surface area contributed by atoms with Crippen LogP contribution in [-0.2, 0) is 16.1 Å². The van der Waals surface area contributed by atoms with Gasteiger partial charge >= 0.3 is 11.9 Å². The number of methoxy groups -OCH3 is 1. The number of ether oxygens (including phenoxy) is 3. The van der Waals surface area contributed by atoms with Gasteiger partial charge in [-0.25, -0.2) is 4.79 Å². The Hall–Kier alpha value is -3.28. The summed E-state index contributed by atoms with van der Waals surface area (Å²) >= 11 is 0. The van der Waals surface area contributed by atoms with Crippen molar-refractivity contribution in [2.75, 3.05) is 13.7 Å². The van der Waals surface area contributed by atoms with E-state index in [1.54, 1.807) is 6.07 Å². The summed E-state index contributed by atoms with van der Waals surface area (Å²) in [5.74, 6) is -0.476. The third-order valence-corrected chi connectivity index (χ3v) is 3.89. The Morgan fingerprint density at radius 1 is 1.08 bits per heavy atom. The molecule has 0 aliphatic carbocycles. The minimum absolute atomic E-state index is 0.119. The van der Waals surface area contributed by atoms with Crippen molar-refractivity contribution in [3.8, 4) is 11.5 Å². The SMILES string of the molecule is COC(=O)c1ccc(OCCn2ccc3ccccc32)cc1OC(C)=O. The van der Waals surface area contributed by atoms with Crippen LogP contribution in [0.15, 0.2) is 54.7 Å². The van der Waals surface area contributed by atoms with Crippen LogP contribution in [0.1, 0.15) is 17.3 Å². The summed E-state index contributed by atoms with van der Waals surface area (Å²) in [6.07, 6.45) is 2.01. The molecule has 0 fully saturated rings. The minimum Gasteiger partial charge on any atom is -0.492 e. The molecule has 6 heteroatoms. The lowest BCUT2D eigenvalue weighted by molar-refractivity contribution is -0.131. The number of hydrogen-bond donors (Lipinski definition) is 0. The van der Waals surface area contributed by atoms with Crippen LogP contribution < -0.4 is 9.47 Å². The maximum Gasteiger partial charge on any atom is 0.341 e. The zero-order chi connectivity index (χ0) is 18.5. The summed E-state index contributed by atoms with van der Waals surface area (Å²) in [6, 6.07) is 14.8. The molecule has 0 bridgehead atoms. The van der Waals surface area contributed by atoms with Crippen molar-refractivity contribution in [1.82, 2.24) is 4.57 Å².